The van der Waals surface area contributed by atoms with Crippen LogP contribution in [0.4, 0.5) is 17.6 Å². The van der Waals surface area contributed by atoms with Crippen molar-refractivity contribution in [2.75, 3.05) is 33.2 Å². The van der Waals surface area contributed by atoms with E-state index in [1.54, 1.807) is 11.9 Å². The number of aryl methyl sites for hydroxylation is 1. The molecular weight excluding hydrogens is 516 g/mol. The van der Waals surface area contributed by atoms with Crippen molar-refractivity contribution in [2.45, 2.75) is 5.92 Å². The smallest absolute Gasteiger partial charge is 0.334 e. The van der Waals surface area contributed by atoms with Gasteiger partial charge in [-0.1, -0.05) is 6.07 Å². The average Bonchev–Trinajstić information content (AvgIpc) is 3.26. The van der Waals surface area contributed by atoms with E-state index in [9.17, 15) is 9.18 Å². The first kappa shape index (κ1) is 26.2. The normalized spacial score (nSPS) is 14.7. The lowest BCUT2D eigenvalue weighted by Gasteiger charge is -2.32. The summed E-state index contributed by atoms with van der Waals surface area (Å²) in [7, 11) is 3.50. The van der Waals surface area contributed by atoms with Crippen molar-refractivity contribution in [3.8, 4) is 11.3 Å². The fourth-order valence-corrected chi connectivity index (χ4v) is 4.45. The summed E-state index contributed by atoms with van der Waals surface area (Å²) in [6, 6.07) is 7.96. The molecule has 202 valence electrons. The maximum absolute atomic E-state index is 15.4. The van der Waals surface area contributed by atoms with Gasteiger partial charge >= 0.3 is 5.92 Å². The zero-order valence-corrected chi connectivity index (χ0v) is 21.1. The summed E-state index contributed by atoms with van der Waals surface area (Å²) in [6.07, 6.45) is 1.44. The van der Waals surface area contributed by atoms with Crippen molar-refractivity contribution >= 4 is 22.6 Å². The SMILES string of the molecule is CN1CCN(C(=O)c2ccc(-c3ccc(=N)n(C(=N)C(F)(F)c4cc5cn(C)nc5cc4F)n3)cc2F)CC1. The third kappa shape index (κ3) is 4.80. The Bertz CT molecular complexity index is 1670. The molecule has 0 unspecified atom stereocenters. The molecule has 0 saturated carbocycles. The number of rotatable bonds is 4. The van der Waals surface area contributed by atoms with Crippen LogP contribution in [0.1, 0.15) is 15.9 Å². The Morgan fingerprint density at radius 3 is 2.36 bits per heavy atom. The number of nitrogens with zero attached hydrogens (tertiary/aromatic N) is 6. The molecule has 1 amide bonds. The van der Waals surface area contributed by atoms with E-state index in [4.69, 9.17) is 10.8 Å². The maximum atomic E-state index is 15.4. The molecule has 5 rings (SSSR count). The number of piperazine rings is 1. The number of amides is 1. The number of alkyl halides is 2. The van der Waals surface area contributed by atoms with Crippen LogP contribution in [0.25, 0.3) is 22.2 Å². The van der Waals surface area contributed by atoms with Crippen molar-refractivity contribution in [3.05, 3.63) is 76.9 Å². The molecule has 1 aliphatic heterocycles. The van der Waals surface area contributed by atoms with Crippen LogP contribution in [-0.4, -0.2) is 74.3 Å². The van der Waals surface area contributed by atoms with Gasteiger partial charge in [0.25, 0.3) is 5.91 Å². The monoisotopic (exact) mass is 540 g/mol. The van der Waals surface area contributed by atoms with Gasteiger partial charge in [-0.15, -0.1) is 0 Å². The number of nitrogens with one attached hydrogen (secondary N) is 2. The van der Waals surface area contributed by atoms with Crippen LogP contribution in [0, 0.1) is 22.5 Å². The molecule has 2 aromatic carbocycles. The van der Waals surface area contributed by atoms with Crippen LogP contribution in [0.5, 0.6) is 0 Å². The van der Waals surface area contributed by atoms with E-state index in [1.807, 2.05) is 7.05 Å². The Morgan fingerprint density at radius 1 is 0.949 bits per heavy atom. The molecule has 3 heterocycles. The molecule has 4 aromatic rings. The Labute approximate surface area is 219 Å². The van der Waals surface area contributed by atoms with E-state index < -0.39 is 40.4 Å². The largest absolute Gasteiger partial charge is 0.336 e. The number of aromatic nitrogens is 4. The lowest BCUT2D eigenvalue weighted by atomic mass is 10.0. The summed E-state index contributed by atoms with van der Waals surface area (Å²) in [5.74, 6) is -8.15. The maximum Gasteiger partial charge on any atom is 0.334 e. The van der Waals surface area contributed by atoms with Gasteiger partial charge in [0.1, 0.15) is 17.1 Å². The van der Waals surface area contributed by atoms with Crippen LogP contribution in [0.2, 0.25) is 0 Å². The highest BCUT2D eigenvalue weighted by atomic mass is 19.3. The highest BCUT2D eigenvalue weighted by Crippen LogP contribution is 2.34. The number of carbonyl (C=O) groups is 1. The first-order chi connectivity index (χ1) is 18.5. The lowest BCUT2D eigenvalue weighted by Crippen LogP contribution is -2.47. The van der Waals surface area contributed by atoms with Crippen molar-refractivity contribution < 1.29 is 22.4 Å². The van der Waals surface area contributed by atoms with E-state index >= 15 is 13.2 Å². The first-order valence-electron chi connectivity index (χ1n) is 12.0. The van der Waals surface area contributed by atoms with Crippen LogP contribution >= 0.6 is 0 Å². The molecule has 0 bridgehead atoms. The molecule has 2 aromatic heterocycles. The van der Waals surface area contributed by atoms with Crippen molar-refractivity contribution in [3.63, 3.8) is 0 Å². The van der Waals surface area contributed by atoms with Crippen LogP contribution < -0.4 is 5.49 Å². The van der Waals surface area contributed by atoms with E-state index in [-0.39, 0.29) is 27.7 Å². The summed E-state index contributed by atoms with van der Waals surface area (Å²) < 4.78 is 62.2. The minimum Gasteiger partial charge on any atom is -0.336 e. The second-order valence-corrected chi connectivity index (χ2v) is 9.42. The van der Waals surface area contributed by atoms with Crippen molar-refractivity contribution in [2.24, 2.45) is 7.05 Å². The number of hydrogen-bond acceptors (Lipinski definition) is 6. The molecule has 0 atom stereocenters. The fraction of sp³-hybridized carbons (Fsp3) is 0.269. The molecule has 13 heteroatoms. The summed E-state index contributed by atoms with van der Waals surface area (Å²) in [6.45, 7) is 2.28. The molecule has 9 nitrogen and oxygen atoms in total. The topological polar surface area (TPSA) is 107 Å². The number of carbonyl (C=O) groups excluding carboxylic acids is 1. The van der Waals surface area contributed by atoms with E-state index in [1.165, 1.54) is 29.1 Å². The number of hydrogen-bond donors (Lipinski definition) is 2. The minimum atomic E-state index is -4.16. The Hall–Kier alpha value is -4.39. The predicted octanol–water partition coefficient (Wildman–Crippen LogP) is 3.20. The molecule has 1 aliphatic rings. The molecule has 39 heavy (non-hydrogen) atoms. The molecule has 1 saturated heterocycles. The van der Waals surface area contributed by atoms with E-state index in [2.05, 4.69) is 15.1 Å². The highest BCUT2D eigenvalue weighted by molar-refractivity contribution is 5.95. The van der Waals surface area contributed by atoms with Crippen molar-refractivity contribution in [1.29, 1.82) is 10.8 Å². The average molecular weight is 541 g/mol. The van der Waals surface area contributed by atoms with Crippen molar-refractivity contribution in [1.82, 2.24) is 29.4 Å². The third-order valence-electron chi connectivity index (χ3n) is 6.68. The first-order valence-corrected chi connectivity index (χ1v) is 12.0. The summed E-state index contributed by atoms with van der Waals surface area (Å²) in [5.41, 5.74) is -1.46. The molecule has 0 radical (unpaired) electrons. The van der Waals surface area contributed by atoms with Gasteiger partial charge < -0.3 is 9.80 Å². The van der Waals surface area contributed by atoms with Gasteiger partial charge in [-0.2, -0.15) is 23.7 Å². The molecular formula is C26H24F4N8O. The number of fused-ring (bicyclic) bond motifs is 1. The summed E-state index contributed by atoms with van der Waals surface area (Å²) in [5, 5.41) is 24.4. The van der Waals surface area contributed by atoms with Gasteiger partial charge in [0, 0.05) is 56.4 Å². The Balaban J connectivity index is 1.46. The van der Waals surface area contributed by atoms with Gasteiger partial charge in [-0.25, -0.2) is 8.78 Å². The van der Waals surface area contributed by atoms with Crippen LogP contribution in [-0.2, 0) is 13.0 Å². The number of halogens is 4. The molecule has 1 fully saturated rings. The highest BCUT2D eigenvalue weighted by Gasteiger charge is 2.42. The Morgan fingerprint density at radius 2 is 1.67 bits per heavy atom. The standard InChI is InChI=1S/C26H24F4N8O/c1-35-7-9-37(10-8-35)24(39)17-4-3-15(12-19(17)27)21-5-6-23(31)38(34-21)25(32)26(29,30)18-11-16-14-36(2)33-22(16)13-20(18)28/h3-6,11-14,31-32H,7-10H2,1-2H3. The minimum absolute atomic E-state index is 0.0211. The summed E-state index contributed by atoms with van der Waals surface area (Å²) >= 11 is 0. The molecule has 0 aliphatic carbocycles. The van der Waals surface area contributed by atoms with Crippen LogP contribution in [0.15, 0.2) is 48.7 Å². The fourth-order valence-electron chi connectivity index (χ4n) is 4.45. The predicted molar refractivity (Wildman–Crippen MR) is 135 cm³/mol. The lowest BCUT2D eigenvalue weighted by molar-refractivity contribution is 0.0651. The summed E-state index contributed by atoms with van der Waals surface area (Å²) in [4.78, 5) is 16.4. The molecule has 0 spiro atoms. The zero-order valence-electron chi connectivity index (χ0n) is 21.1. The number of likely N-dealkylation sites (N-methyl/N-ethyl adjacent to an activating group) is 1. The Kier molecular flexibility index (Phi) is 6.54. The zero-order chi connectivity index (χ0) is 28.1. The van der Waals surface area contributed by atoms with Gasteiger partial charge in [0.2, 0.25) is 0 Å². The quantitative estimate of drug-likeness (QED) is 0.236. The van der Waals surface area contributed by atoms with Gasteiger partial charge in [0.05, 0.1) is 22.3 Å². The second kappa shape index (κ2) is 9.73. The molecule has 2 N–H and O–H groups in total. The van der Waals surface area contributed by atoms with Gasteiger partial charge in [-0.05, 0) is 37.4 Å². The number of benzene rings is 2. The van der Waals surface area contributed by atoms with Crippen LogP contribution in [0.3, 0.4) is 0 Å². The van der Waals surface area contributed by atoms with Gasteiger partial charge in [0.15, 0.2) is 5.84 Å². The second-order valence-electron chi connectivity index (χ2n) is 9.42. The third-order valence-corrected chi connectivity index (χ3v) is 6.68. The van der Waals surface area contributed by atoms with E-state index in [0.29, 0.717) is 30.9 Å². The van der Waals surface area contributed by atoms with Gasteiger partial charge in [-0.3, -0.25) is 20.3 Å². The van der Waals surface area contributed by atoms with E-state index in [0.717, 1.165) is 24.3 Å².